The summed E-state index contributed by atoms with van der Waals surface area (Å²) in [6.07, 6.45) is 5.96. The third-order valence-electron chi connectivity index (χ3n) is 6.50. The van der Waals surface area contributed by atoms with Gasteiger partial charge in [0.1, 0.15) is 5.75 Å². The second-order valence-electron chi connectivity index (χ2n) is 8.58. The molecule has 1 aromatic carbocycles. The summed E-state index contributed by atoms with van der Waals surface area (Å²) in [4.78, 5) is 15.2. The van der Waals surface area contributed by atoms with Crippen LogP contribution in [0.4, 0.5) is 0 Å². The first-order valence-electron chi connectivity index (χ1n) is 11.8. The molecule has 10 heteroatoms. The molecule has 0 bridgehead atoms. The lowest BCUT2D eigenvalue weighted by Crippen LogP contribution is -2.59. The molecule has 9 nitrogen and oxygen atoms in total. The summed E-state index contributed by atoms with van der Waals surface area (Å²) in [5, 5.41) is 12.1. The average molecular weight is 475 g/mol. The van der Waals surface area contributed by atoms with Crippen molar-refractivity contribution < 1.29 is 14.3 Å². The maximum atomic E-state index is 12.7. The highest BCUT2D eigenvalue weighted by atomic mass is 32.2. The average Bonchev–Trinajstić information content (AvgIpc) is 3.23. The summed E-state index contributed by atoms with van der Waals surface area (Å²) in [6, 6.07) is 7.55. The first-order chi connectivity index (χ1) is 16.1. The van der Waals surface area contributed by atoms with Crippen LogP contribution in [0.15, 0.2) is 29.4 Å². The van der Waals surface area contributed by atoms with Gasteiger partial charge in [0, 0.05) is 30.7 Å². The third kappa shape index (κ3) is 5.80. The molecule has 1 saturated carbocycles. The molecule has 2 heterocycles. The van der Waals surface area contributed by atoms with Crippen LogP contribution in [0.1, 0.15) is 39.0 Å². The standard InChI is InChI=1S/C23H34N6O3S/c1-2-32-19-8-6-18(7-9-19)21-26-27-22(29(21)24)33-16-20(30)25-17-23(10-4-3-5-11-23)28-12-14-31-15-13-28/h6-9H,2-5,10-17,24H2,1H3,(H,25,30). The number of morpholine rings is 1. The molecule has 0 radical (unpaired) electrons. The lowest BCUT2D eigenvalue weighted by atomic mass is 9.79. The van der Waals surface area contributed by atoms with Gasteiger partial charge in [0.05, 0.1) is 25.6 Å². The maximum absolute atomic E-state index is 12.7. The lowest BCUT2D eigenvalue weighted by Gasteiger charge is -2.48. The molecular formula is C23H34N6O3S. The second-order valence-corrected chi connectivity index (χ2v) is 9.53. The summed E-state index contributed by atoms with van der Waals surface area (Å²) in [6.45, 7) is 6.66. The van der Waals surface area contributed by atoms with E-state index in [1.807, 2.05) is 31.2 Å². The molecule has 0 spiro atoms. The van der Waals surface area contributed by atoms with Gasteiger partial charge in [0.25, 0.3) is 0 Å². The zero-order valence-corrected chi connectivity index (χ0v) is 20.1. The van der Waals surface area contributed by atoms with Crippen LogP contribution in [0, 0.1) is 0 Å². The van der Waals surface area contributed by atoms with E-state index in [-0.39, 0.29) is 17.2 Å². The summed E-state index contributed by atoms with van der Waals surface area (Å²) < 4.78 is 12.5. The van der Waals surface area contributed by atoms with Crippen molar-refractivity contribution >= 4 is 17.7 Å². The first kappa shape index (κ1) is 23.8. The van der Waals surface area contributed by atoms with Crippen molar-refractivity contribution in [2.45, 2.75) is 49.7 Å². The van der Waals surface area contributed by atoms with Gasteiger partial charge < -0.3 is 20.6 Å². The highest BCUT2D eigenvalue weighted by molar-refractivity contribution is 7.99. The smallest absolute Gasteiger partial charge is 0.230 e. The number of nitrogen functional groups attached to an aromatic ring is 1. The third-order valence-corrected chi connectivity index (χ3v) is 7.44. The molecule has 1 amide bonds. The summed E-state index contributed by atoms with van der Waals surface area (Å²) >= 11 is 1.30. The van der Waals surface area contributed by atoms with Gasteiger partial charge >= 0.3 is 0 Å². The normalized spacial score (nSPS) is 18.7. The Morgan fingerprint density at radius 3 is 2.61 bits per heavy atom. The molecule has 1 aliphatic heterocycles. The summed E-state index contributed by atoms with van der Waals surface area (Å²) in [5.41, 5.74) is 0.895. The van der Waals surface area contributed by atoms with Crippen molar-refractivity contribution in [2.24, 2.45) is 0 Å². The van der Waals surface area contributed by atoms with E-state index in [0.29, 0.717) is 24.1 Å². The van der Waals surface area contributed by atoms with Crippen molar-refractivity contribution in [2.75, 3.05) is 51.1 Å². The molecule has 180 valence electrons. The quantitative estimate of drug-likeness (QED) is 0.421. The van der Waals surface area contributed by atoms with Crippen molar-refractivity contribution in [1.29, 1.82) is 0 Å². The van der Waals surface area contributed by atoms with Gasteiger partial charge in [0.2, 0.25) is 11.1 Å². The highest BCUT2D eigenvalue weighted by Gasteiger charge is 2.38. The number of nitrogens with zero attached hydrogens (tertiary/aromatic N) is 4. The Morgan fingerprint density at radius 1 is 1.18 bits per heavy atom. The topological polar surface area (TPSA) is 108 Å². The molecule has 0 atom stereocenters. The van der Waals surface area contributed by atoms with E-state index in [1.54, 1.807) is 0 Å². The zero-order valence-electron chi connectivity index (χ0n) is 19.3. The lowest BCUT2D eigenvalue weighted by molar-refractivity contribution is -0.119. The number of hydrogen-bond acceptors (Lipinski definition) is 8. The predicted molar refractivity (Wildman–Crippen MR) is 129 cm³/mol. The number of carbonyl (C=O) groups is 1. The van der Waals surface area contributed by atoms with Crippen LogP contribution in [0.5, 0.6) is 5.75 Å². The Hall–Kier alpha value is -2.30. The van der Waals surface area contributed by atoms with Crippen LogP contribution in [0.2, 0.25) is 0 Å². The van der Waals surface area contributed by atoms with E-state index in [4.69, 9.17) is 15.3 Å². The molecular weight excluding hydrogens is 440 g/mol. The van der Waals surface area contributed by atoms with Crippen LogP contribution >= 0.6 is 11.8 Å². The number of rotatable bonds is 9. The van der Waals surface area contributed by atoms with Crippen LogP contribution in [0.3, 0.4) is 0 Å². The summed E-state index contributed by atoms with van der Waals surface area (Å²) in [5.74, 6) is 7.80. The molecule has 2 aliphatic rings. The van der Waals surface area contributed by atoms with Crippen LogP contribution in [-0.4, -0.2) is 76.4 Å². The van der Waals surface area contributed by atoms with Crippen molar-refractivity contribution in [3.8, 4) is 17.1 Å². The van der Waals surface area contributed by atoms with Gasteiger partial charge in [-0.05, 0) is 44.0 Å². The van der Waals surface area contributed by atoms with E-state index in [1.165, 1.54) is 35.7 Å². The number of nitrogens with two attached hydrogens (primary N) is 1. The van der Waals surface area contributed by atoms with Crippen molar-refractivity contribution in [3.63, 3.8) is 0 Å². The van der Waals surface area contributed by atoms with Gasteiger partial charge in [-0.15, -0.1) is 10.2 Å². The van der Waals surface area contributed by atoms with E-state index < -0.39 is 0 Å². The maximum Gasteiger partial charge on any atom is 0.230 e. The van der Waals surface area contributed by atoms with Gasteiger partial charge in [-0.25, -0.2) is 4.68 Å². The molecule has 3 N–H and O–H groups in total. The van der Waals surface area contributed by atoms with Crippen LogP contribution in [-0.2, 0) is 9.53 Å². The fraction of sp³-hybridized carbons (Fsp3) is 0.609. The molecule has 1 aromatic heterocycles. The molecule has 1 aliphatic carbocycles. The Balaban J connectivity index is 1.32. The van der Waals surface area contributed by atoms with Gasteiger partial charge in [-0.2, -0.15) is 0 Å². The Bertz CT molecular complexity index is 907. The van der Waals surface area contributed by atoms with E-state index >= 15 is 0 Å². The summed E-state index contributed by atoms with van der Waals surface area (Å²) in [7, 11) is 0. The molecule has 4 rings (SSSR count). The van der Waals surface area contributed by atoms with Crippen LogP contribution < -0.4 is 15.9 Å². The minimum absolute atomic E-state index is 0.0103. The number of hydrogen-bond donors (Lipinski definition) is 2. The predicted octanol–water partition coefficient (Wildman–Crippen LogP) is 2.30. The van der Waals surface area contributed by atoms with Gasteiger partial charge in [-0.1, -0.05) is 31.0 Å². The minimum atomic E-state index is -0.0103. The molecule has 1 saturated heterocycles. The SMILES string of the molecule is CCOc1ccc(-c2nnc(SCC(=O)NCC3(N4CCOCC4)CCCCC3)n2N)cc1. The molecule has 2 aromatic rings. The number of benzene rings is 1. The Morgan fingerprint density at radius 2 is 1.91 bits per heavy atom. The number of amides is 1. The fourth-order valence-corrected chi connectivity index (χ4v) is 5.42. The first-order valence-corrected chi connectivity index (χ1v) is 12.8. The van der Waals surface area contributed by atoms with Crippen molar-refractivity contribution in [1.82, 2.24) is 25.1 Å². The Labute approximate surface area is 199 Å². The highest BCUT2D eigenvalue weighted by Crippen LogP contribution is 2.34. The van der Waals surface area contributed by atoms with Gasteiger partial charge in [-0.3, -0.25) is 9.69 Å². The molecule has 2 fully saturated rings. The largest absolute Gasteiger partial charge is 0.494 e. The van der Waals surface area contributed by atoms with E-state index in [9.17, 15) is 4.79 Å². The zero-order chi connectivity index (χ0) is 23.1. The van der Waals surface area contributed by atoms with E-state index in [0.717, 1.165) is 50.5 Å². The number of thioether (sulfide) groups is 1. The van der Waals surface area contributed by atoms with Crippen LogP contribution in [0.25, 0.3) is 11.4 Å². The second kappa shape index (κ2) is 11.2. The fourth-order valence-electron chi connectivity index (χ4n) is 4.74. The Kier molecular flexibility index (Phi) is 8.11. The number of aromatic nitrogens is 3. The van der Waals surface area contributed by atoms with Crippen molar-refractivity contribution in [3.05, 3.63) is 24.3 Å². The molecule has 33 heavy (non-hydrogen) atoms. The van der Waals surface area contributed by atoms with Gasteiger partial charge in [0.15, 0.2) is 5.82 Å². The number of carbonyl (C=O) groups excluding carboxylic acids is 1. The van der Waals surface area contributed by atoms with E-state index in [2.05, 4.69) is 20.4 Å². The number of ether oxygens (including phenoxy) is 2. The monoisotopic (exact) mass is 474 g/mol. The minimum Gasteiger partial charge on any atom is -0.494 e. The molecule has 0 unspecified atom stereocenters. The number of nitrogens with one attached hydrogen (secondary N) is 1.